The van der Waals surface area contributed by atoms with E-state index in [9.17, 15) is 0 Å². The van der Waals surface area contributed by atoms with E-state index in [4.69, 9.17) is 0 Å². The van der Waals surface area contributed by atoms with Crippen LogP contribution < -0.4 is 0 Å². The fraction of sp³-hybridized carbons (Fsp3) is 0.600. The van der Waals surface area contributed by atoms with Gasteiger partial charge in [0.15, 0.2) is 0 Å². The van der Waals surface area contributed by atoms with Crippen molar-refractivity contribution in [2.75, 3.05) is 0 Å². The molecule has 0 unspecified atom stereocenters. The standard InChI is InChI=1S/C4H8.C3H8.C3H6/c1-4(2)3;2*1-3-2/h1H2,2-3H3;3H2,1-2H3;3H,1H2,2H3. The molecule has 0 heterocycles. The van der Waals surface area contributed by atoms with Gasteiger partial charge in [-0.3, -0.25) is 0 Å². The minimum Gasteiger partial charge on any atom is -0.103 e. The monoisotopic (exact) mass is 142 g/mol. The maximum atomic E-state index is 3.56. The summed E-state index contributed by atoms with van der Waals surface area (Å²) in [7, 11) is 0. The molecule has 0 rings (SSSR count). The largest absolute Gasteiger partial charge is 0.103 e. The summed E-state index contributed by atoms with van der Waals surface area (Å²) in [6.45, 7) is 17.0. The Balaban J connectivity index is -0.0000000750. The molecule has 0 bridgehead atoms. The molecule has 10 heavy (non-hydrogen) atoms. The zero-order valence-electron chi connectivity index (χ0n) is 8.20. The van der Waals surface area contributed by atoms with Crippen molar-refractivity contribution in [3.8, 4) is 0 Å². The summed E-state index contributed by atoms with van der Waals surface area (Å²) in [5.74, 6) is 0. The highest BCUT2D eigenvalue weighted by atomic mass is 13.6. The lowest BCUT2D eigenvalue weighted by molar-refractivity contribution is 1.09. The van der Waals surface area contributed by atoms with Gasteiger partial charge in [0.05, 0.1) is 0 Å². The molecular formula is C10H22. The molecule has 62 valence electrons. The number of rotatable bonds is 0. The molecule has 0 aromatic heterocycles. The van der Waals surface area contributed by atoms with Crippen molar-refractivity contribution in [2.45, 2.75) is 41.0 Å². The second-order valence-corrected chi connectivity index (χ2v) is 2.32. The molecule has 0 aromatic carbocycles. The molecule has 0 atom stereocenters. The Kier molecular flexibility index (Phi) is 38.4. The topological polar surface area (TPSA) is 0 Å². The Bertz CT molecular complexity index is 56.4. The Morgan fingerprint density at radius 1 is 1.30 bits per heavy atom. The quantitative estimate of drug-likeness (QED) is 0.445. The van der Waals surface area contributed by atoms with E-state index in [1.807, 2.05) is 20.8 Å². The van der Waals surface area contributed by atoms with Crippen LogP contribution in [0.5, 0.6) is 0 Å². The predicted molar refractivity (Wildman–Crippen MR) is 52.3 cm³/mol. The average Bonchev–Trinajstić information content (AvgIpc) is 1.65. The molecule has 0 aliphatic rings. The van der Waals surface area contributed by atoms with E-state index in [2.05, 4.69) is 27.0 Å². The highest BCUT2D eigenvalue weighted by Gasteiger charge is 1.51. The van der Waals surface area contributed by atoms with E-state index >= 15 is 0 Å². The SMILES string of the molecule is C=C(C)C.C=CC.CCC. The van der Waals surface area contributed by atoms with Gasteiger partial charge in [0.2, 0.25) is 0 Å². The number of hydrogen-bond acceptors (Lipinski definition) is 0. The first kappa shape index (κ1) is 16.2. The van der Waals surface area contributed by atoms with Crippen molar-refractivity contribution in [2.24, 2.45) is 0 Å². The molecule has 0 heteroatoms. The van der Waals surface area contributed by atoms with Gasteiger partial charge in [0, 0.05) is 0 Å². The van der Waals surface area contributed by atoms with Crippen LogP contribution >= 0.6 is 0 Å². The van der Waals surface area contributed by atoms with Gasteiger partial charge < -0.3 is 0 Å². The van der Waals surface area contributed by atoms with Gasteiger partial charge in [0.1, 0.15) is 0 Å². The van der Waals surface area contributed by atoms with E-state index in [1.54, 1.807) is 6.08 Å². The summed E-state index contributed by atoms with van der Waals surface area (Å²) < 4.78 is 0. The molecule has 0 nitrogen and oxygen atoms in total. The smallest absolute Gasteiger partial charge is 0.0445 e. The maximum absolute atomic E-state index is 3.56. The van der Waals surface area contributed by atoms with Crippen molar-refractivity contribution < 1.29 is 0 Å². The molecule has 0 radical (unpaired) electrons. The molecule has 0 saturated carbocycles. The minimum absolute atomic E-state index is 1.17. The molecule has 0 spiro atoms. The first-order valence-corrected chi connectivity index (χ1v) is 3.75. The summed E-state index contributed by atoms with van der Waals surface area (Å²) in [5, 5.41) is 0. The Hall–Kier alpha value is -0.520. The van der Waals surface area contributed by atoms with Crippen molar-refractivity contribution in [3.05, 3.63) is 24.8 Å². The summed E-state index contributed by atoms with van der Waals surface area (Å²) in [6, 6.07) is 0. The van der Waals surface area contributed by atoms with Gasteiger partial charge in [-0.1, -0.05) is 31.9 Å². The van der Waals surface area contributed by atoms with E-state index in [-0.39, 0.29) is 0 Å². The van der Waals surface area contributed by atoms with Crippen LogP contribution in [-0.2, 0) is 0 Å². The van der Waals surface area contributed by atoms with Crippen LogP contribution in [0.2, 0.25) is 0 Å². The zero-order valence-corrected chi connectivity index (χ0v) is 8.20. The van der Waals surface area contributed by atoms with Gasteiger partial charge in [0.25, 0.3) is 0 Å². The third-order valence-corrected chi connectivity index (χ3v) is 0. The van der Waals surface area contributed by atoms with Gasteiger partial charge >= 0.3 is 0 Å². The molecule has 0 saturated heterocycles. The van der Waals surface area contributed by atoms with E-state index in [0.717, 1.165) is 0 Å². The third-order valence-electron chi connectivity index (χ3n) is 0. The highest BCUT2D eigenvalue weighted by molar-refractivity contribution is 4.78. The number of hydrogen-bond donors (Lipinski definition) is 0. The molecule has 0 amide bonds. The summed E-state index contributed by atoms with van der Waals surface area (Å²) in [4.78, 5) is 0. The first-order valence-electron chi connectivity index (χ1n) is 3.75. The second kappa shape index (κ2) is 23.6. The van der Waals surface area contributed by atoms with Crippen LogP contribution in [0, 0.1) is 0 Å². The summed E-state index contributed by atoms with van der Waals surface area (Å²) >= 11 is 0. The Morgan fingerprint density at radius 3 is 1.30 bits per heavy atom. The predicted octanol–water partition coefficient (Wildman–Crippen LogP) is 4.19. The van der Waals surface area contributed by atoms with Crippen LogP contribution in [0.1, 0.15) is 41.0 Å². The van der Waals surface area contributed by atoms with Crippen molar-refractivity contribution in [1.82, 2.24) is 0 Å². The van der Waals surface area contributed by atoms with Crippen LogP contribution in [0.15, 0.2) is 24.8 Å². The molecule has 0 fully saturated rings. The van der Waals surface area contributed by atoms with Crippen LogP contribution in [0.25, 0.3) is 0 Å². The lowest BCUT2D eigenvalue weighted by atomic mass is 10.4. The van der Waals surface area contributed by atoms with Crippen molar-refractivity contribution in [3.63, 3.8) is 0 Å². The Morgan fingerprint density at radius 2 is 1.30 bits per heavy atom. The van der Waals surface area contributed by atoms with Crippen molar-refractivity contribution >= 4 is 0 Å². The van der Waals surface area contributed by atoms with Crippen molar-refractivity contribution in [1.29, 1.82) is 0 Å². The van der Waals surface area contributed by atoms with Crippen LogP contribution in [-0.4, -0.2) is 0 Å². The zero-order chi connectivity index (χ0) is 8.99. The average molecular weight is 142 g/mol. The lowest BCUT2D eigenvalue weighted by Crippen LogP contribution is -1.43. The highest BCUT2D eigenvalue weighted by Crippen LogP contribution is 1.73. The number of allylic oxidation sites excluding steroid dienone is 2. The van der Waals surface area contributed by atoms with E-state index in [1.165, 1.54) is 12.0 Å². The van der Waals surface area contributed by atoms with Crippen LogP contribution in [0.3, 0.4) is 0 Å². The van der Waals surface area contributed by atoms with Gasteiger partial charge in [-0.05, 0) is 20.8 Å². The summed E-state index contributed by atoms with van der Waals surface area (Å²) in [5.41, 5.74) is 1.17. The molecule has 0 N–H and O–H groups in total. The minimum atomic E-state index is 1.17. The molecule has 0 aromatic rings. The van der Waals surface area contributed by atoms with Gasteiger partial charge in [-0.15, -0.1) is 13.2 Å². The van der Waals surface area contributed by atoms with E-state index < -0.39 is 0 Å². The van der Waals surface area contributed by atoms with Crippen LogP contribution in [0.4, 0.5) is 0 Å². The van der Waals surface area contributed by atoms with Gasteiger partial charge in [-0.2, -0.15) is 0 Å². The first-order chi connectivity index (χ1) is 4.56. The Labute approximate surface area is 66.7 Å². The molecule has 0 aliphatic heterocycles. The summed E-state index contributed by atoms with van der Waals surface area (Å²) in [6.07, 6.45) is 3.00. The fourth-order valence-electron chi connectivity index (χ4n) is 0. The second-order valence-electron chi connectivity index (χ2n) is 2.32. The van der Waals surface area contributed by atoms with Gasteiger partial charge in [-0.25, -0.2) is 0 Å². The van der Waals surface area contributed by atoms with E-state index in [0.29, 0.717) is 0 Å². The molecule has 0 aliphatic carbocycles. The fourth-order valence-corrected chi connectivity index (χ4v) is 0. The maximum Gasteiger partial charge on any atom is -0.0445 e. The third kappa shape index (κ3) is 1160. The lowest BCUT2D eigenvalue weighted by Gasteiger charge is -1.65. The molecular weight excluding hydrogens is 120 g/mol. The normalized spacial score (nSPS) is 5.70.